The lowest BCUT2D eigenvalue weighted by Gasteiger charge is -2.23. The van der Waals surface area contributed by atoms with Gasteiger partial charge in [0.25, 0.3) is 0 Å². The van der Waals surface area contributed by atoms with Crippen LogP contribution in [0.15, 0.2) is 10.6 Å². The van der Waals surface area contributed by atoms with Gasteiger partial charge in [-0.25, -0.2) is 15.6 Å². The van der Waals surface area contributed by atoms with E-state index in [2.05, 4.69) is 0 Å². The highest BCUT2D eigenvalue weighted by Gasteiger charge is 2.19. The summed E-state index contributed by atoms with van der Waals surface area (Å²) in [6, 6.07) is 0. The fourth-order valence-corrected chi connectivity index (χ4v) is 0.700. The van der Waals surface area contributed by atoms with Crippen LogP contribution in [-0.4, -0.2) is 23.2 Å². The third kappa shape index (κ3) is 7.00. The molecule has 0 aliphatic carbocycles. The molecule has 0 radical (unpaired) electrons. The molecule has 0 aromatic carbocycles. The first-order valence-electron chi connectivity index (χ1n) is 3.99. The smallest absolute Gasteiger partial charge is 0.424 e. The van der Waals surface area contributed by atoms with Gasteiger partial charge in [-0.2, -0.15) is 0 Å². The fourth-order valence-electron chi connectivity index (χ4n) is 0.562. The van der Waals surface area contributed by atoms with Crippen LogP contribution < -0.4 is 5.84 Å². The van der Waals surface area contributed by atoms with Crippen LogP contribution in [0.1, 0.15) is 20.8 Å². The molecule has 0 heterocycles. The number of carbonyl (C=O) groups excluding carboxylic acids is 1. The molecular weight excluding hydrogens is 227 g/mol. The predicted octanol–water partition coefficient (Wildman–Crippen LogP) is 2.42. The van der Waals surface area contributed by atoms with E-state index >= 15 is 0 Å². The van der Waals surface area contributed by atoms with Crippen molar-refractivity contribution < 1.29 is 9.53 Å². The van der Waals surface area contributed by atoms with Gasteiger partial charge in [0.15, 0.2) is 0 Å². The number of rotatable bonds is 2. The maximum atomic E-state index is 11.2. The van der Waals surface area contributed by atoms with Gasteiger partial charge >= 0.3 is 6.09 Å². The molecule has 0 aliphatic rings. The Labute approximate surface area is 93.6 Å². The van der Waals surface area contributed by atoms with E-state index in [1.165, 1.54) is 6.08 Å². The van der Waals surface area contributed by atoms with E-state index in [1.54, 1.807) is 20.8 Å². The third-order valence-corrected chi connectivity index (χ3v) is 1.38. The molecule has 82 valence electrons. The zero-order valence-electron chi connectivity index (χ0n) is 8.38. The number of ether oxygens (including phenoxy) is 1. The van der Waals surface area contributed by atoms with E-state index in [1.807, 2.05) is 0 Å². The highest BCUT2D eigenvalue weighted by Crippen LogP contribution is 2.09. The van der Waals surface area contributed by atoms with Crippen LogP contribution in [-0.2, 0) is 4.74 Å². The Bertz CT molecular complexity index is 232. The van der Waals surface area contributed by atoms with Crippen LogP contribution in [0.3, 0.4) is 0 Å². The quantitative estimate of drug-likeness (QED) is 0.459. The van der Waals surface area contributed by atoms with Gasteiger partial charge in [-0.05, 0) is 26.8 Å². The molecule has 0 fully saturated rings. The van der Waals surface area contributed by atoms with Gasteiger partial charge in [0, 0.05) is 0 Å². The largest absolute Gasteiger partial charge is 0.443 e. The van der Waals surface area contributed by atoms with Crippen LogP contribution in [0.2, 0.25) is 0 Å². The second-order valence-electron chi connectivity index (χ2n) is 3.63. The molecule has 0 aromatic heterocycles. The van der Waals surface area contributed by atoms with Gasteiger partial charge in [-0.1, -0.05) is 23.2 Å². The zero-order valence-corrected chi connectivity index (χ0v) is 9.89. The number of hydrazine groups is 1. The molecule has 6 heteroatoms. The molecule has 0 aliphatic heterocycles. The SMILES string of the molecule is CC(C)(C)OC(=O)N(N)CC=C(Cl)Cl. The summed E-state index contributed by atoms with van der Waals surface area (Å²) in [6.07, 6.45) is 0.774. The monoisotopic (exact) mass is 240 g/mol. The third-order valence-electron chi connectivity index (χ3n) is 1.07. The van der Waals surface area contributed by atoms with Crippen LogP contribution in [0.5, 0.6) is 0 Å². The molecular formula is C8H14Cl2N2O2. The normalized spacial score (nSPS) is 10.7. The molecule has 4 nitrogen and oxygen atoms in total. The highest BCUT2D eigenvalue weighted by molar-refractivity contribution is 6.55. The molecule has 2 N–H and O–H groups in total. The van der Waals surface area contributed by atoms with Crippen molar-refractivity contribution in [1.29, 1.82) is 0 Å². The van der Waals surface area contributed by atoms with E-state index in [4.69, 9.17) is 33.8 Å². The van der Waals surface area contributed by atoms with E-state index < -0.39 is 11.7 Å². The van der Waals surface area contributed by atoms with Crippen molar-refractivity contribution in [3.63, 3.8) is 0 Å². The van der Waals surface area contributed by atoms with Crippen molar-refractivity contribution in [1.82, 2.24) is 5.01 Å². The maximum Gasteiger partial charge on any atom is 0.424 e. The van der Waals surface area contributed by atoms with Crippen molar-refractivity contribution in [2.45, 2.75) is 26.4 Å². The Morgan fingerprint density at radius 1 is 1.50 bits per heavy atom. The van der Waals surface area contributed by atoms with Crippen LogP contribution in [0.4, 0.5) is 4.79 Å². The van der Waals surface area contributed by atoms with Crippen molar-refractivity contribution in [2.75, 3.05) is 6.54 Å². The lowest BCUT2D eigenvalue weighted by Crippen LogP contribution is -2.41. The first-order valence-corrected chi connectivity index (χ1v) is 4.74. The molecule has 0 unspecified atom stereocenters. The van der Waals surface area contributed by atoms with Gasteiger partial charge in [-0.3, -0.25) is 0 Å². The first kappa shape index (κ1) is 13.5. The summed E-state index contributed by atoms with van der Waals surface area (Å²) in [5, 5.41) is 0.885. The highest BCUT2D eigenvalue weighted by atomic mass is 35.5. The molecule has 0 aromatic rings. The predicted molar refractivity (Wildman–Crippen MR) is 56.9 cm³/mol. The molecule has 0 spiro atoms. The molecule has 0 atom stereocenters. The molecule has 14 heavy (non-hydrogen) atoms. The fraction of sp³-hybridized carbons (Fsp3) is 0.625. The van der Waals surface area contributed by atoms with E-state index in [0.717, 1.165) is 5.01 Å². The van der Waals surface area contributed by atoms with Gasteiger partial charge in [0.05, 0.1) is 6.54 Å². The van der Waals surface area contributed by atoms with Gasteiger partial charge in [-0.15, -0.1) is 0 Å². The number of hydrogen-bond donors (Lipinski definition) is 1. The minimum atomic E-state index is -0.622. The summed E-state index contributed by atoms with van der Waals surface area (Å²) < 4.78 is 5.04. The summed E-state index contributed by atoms with van der Waals surface area (Å²) in [5.41, 5.74) is -0.566. The Morgan fingerprint density at radius 2 is 2.00 bits per heavy atom. The Morgan fingerprint density at radius 3 is 2.36 bits per heavy atom. The number of amides is 1. The van der Waals surface area contributed by atoms with E-state index in [0.29, 0.717) is 0 Å². The summed E-state index contributed by atoms with van der Waals surface area (Å²) in [6.45, 7) is 5.37. The van der Waals surface area contributed by atoms with Crippen LogP contribution >= 0.6 is 23.2 Å². The van der Waals surface area contributed by atoms with Crippen molar-refractivity contribution in [3.05, 3.63) is 10.6 Å². The average Bonchev–Trinajstić information content (AvgIpc) is 1.96. The number of halogens is 2. The van der Waals surface area contributed by atoms with Crippen molar-refractivity contribution >= 4 is 29.3 Å². The first-order chi connectivity index (χ1) is 6.22. The molecule has 0 saturated heterocycles. The summed E-state index contributed by atoms with van der Waals surface area (Å²) in [5.74, 6) is 5.37. The molecule has 0 saturated carbocycles. The Hall–Kier alpha value is -0.450. The molecule has 0 rings (SSSR count). The minimum Gasteiger partial charge on any atom is -0.443 e. The Kier molecular flexibility index (Phi) is 5.26. The summed E-state index contributed by atoms with van der Waals surface area (Å²) in [4.78, 5) is 11.2. The lowest BCUT2D eigenvalue weighted by molar-refractivity contribution is 0.0270. The summed E-state index contributed by atoms with van der Waals surface area (Å²) in [7, 11) is 0. The van der Waals surface area contributed by atoms with Crippen LogP contribution in [0, 0.1) is 0 Å². The topological polar surface area (TPSA) is 55.6 Å². The zero-order chi connectivity index (χ0) is 11.4. The minimum absolute atomic E-state index is 0.0593. The number of nitrogens with two attached hydrogens (primary N) is 1. The van der Waals surface area contributed by atoms with E-state index in [-0.39, 0.29) is 11.0 Å². The molecule has 0 bridgehead atoms. The Balaban J connectivity index is 4.07. The van der Waals surface area contributed by atoms with Crippen molar-refractivity contribution in [2.24, 2.45) is 5.84 Å². The standard InChI is InChI=1S/C8H14Cl2N2O2/c1-8(2,3)14-7(13)12(11)5-4-6(9)10/h4H,5,11H2,1-3H3. The maximum absolute atomic E-state index is 11.2. The number of carbonyl (C=O) groups is 1. The molecule has 1 amide bonds. The number of nitrogens with zero attached hydrogens (tertiary/aromatic N) is 1. The lowest BCUT2D eigenvalue weighted by atomic mass is 10.2. The van der Waals surface area contributed by atoms with Crippen LogP contribution in [0.25, 0.3) is 0 Å². The van der Waals surface area contributed by atoms with Gasteiger partial charge < -0.3 is 4.74 Å². The second kappa shape index (κ2) is 5.44. The average molecular weight is 241 g/mol. The second-order valence-corrected chi connectivity index (χ2v) is 4.63. The van der Waals surface area contributed by atoms with Crippen molar-refractivity contribution in [3.8, 4) is 0 Å². The van der Waals surface area contributed by atoms with Gasteiger partial charge in [0.1, 0.15) is 10.1 Å². The van der Waals surface area contributed by atoms with E-state index in [9.17, 15) is 4.79 Å². The number of hydrogen-bond acceptors (Lipinski definition) is 3. The van der Waals surface area contributed by atoms with Gasteiger partial charge in [0.2, 0.25) is 0 Å². The summed E-state index contributed by atoms with van der Waals surface area (Å²) >= 11 is 10.7.